The number of aliphatic hydroxyl groups is 1. The van der Waals surface area contributed by atoms with E-state index in [1.54, 1.807) is 12.1 Å². The molecule has 0 atom stereocenters. The molecule has 1 aliphatic rings. The van der Waals surface area contributed by atoms with Crippen LogP contribution in [0.1, 0.15) is 37.0 Å². The minimum absolute atomic E-state index is 0.207. The van der Waals surface area contributed by atoms with E-state index >= 15 is 0 Å². The van der Waals surface area contributed by atoms with E-state index in [1.165, 1.54) is 12.1 Å². The lowest BCUT2D eigenvalue weighted by atomic mass is 9.93. The van der Waals surface area contributed by atoms with Crippen molar-refractivity contribution in [3.63, 3.8) is 0 Å². The van der Waals surface area contributed by atoms with Crippen LogP contribution in [0.4, 0.5) is 13.2 Å². The summed E-state index contributed by atoms with van der Waals surface area (Å²) in [5.74, 6) is 1.03. The Hall–Kier alpha value is -1.50. The minimum atomic E-state index is -4.50. The van der Waals surface area contributed by atoms with Crippen LogP contribution in [0.15, 0.2) is 34.7 Å². The molecule has 1 heterocycles. The van der Waals surface area contributed by atoms with Crippen LogP contribution in [-0.4, -0.2) is 17.3 Å². The Morgan fingerprint density at radius 2 is 1.84 bits per heavy atom. The molecule has 0 spiro atoms. The number of halogens is 4. The molecule has 1 aromatic carbocycles. The average molecular weight is 374 g/mol. The van der Waals surface area contributed by atoms with Gasteiger partial charge in [0.05, 0.1) is 23.2 Å². The second-order valence-corrected chi connectivity index (χ2v) is 6.75. The fraction of sp³-hybridized carbons (Fsp3) is 0.444. The zero-order chi connectivity index (χ0) is 18.0. The summed E-state index contributed by atoms with van der Waals surface area (Å²) in [5, 5.41) is 12.5. The van der Waals surface area contributed by atoms with Crippen molar-refractivity contribution < 1.29 is 22.7 Å². The van der Waals surface area contributed by atoms with Gasteiger partial charge in [-0.2, -0.15) is 13.2 Å². The van der Waals surface area contributed by atoms with Gasteiger partial charge >= 0.3 is 6.18 Å². The monoisotopic (exact) mass is 373 g/mol. The number of hydrogen-bond acceptors (Lipinski definition) is 3. The highest BCUT2D eigenvalue weighted by molar-refractivity contribution is 6.31. The molecule has 1 fully saturated rings. The van der Waals surface area contributed by atoms with Gasteiger partial charge in [-0.1, -0.05) is 11.6 Å². The Kier molecular flexibility index (Phi) is 5.41. The Morgan fingerprint density at radius 3 is 2.52 bits per heavy atom. The maximum absolute atomic E-state index is 13.0. The summed E-state index contributed by atoms with van der Waals surface area (Å²) in [6.07, 6.45) is -1.34. The van der Waals surface area contributed by atoms with Crippen LogP contribution in [0, 0.1) is 0 Å². The summed E-state index contributed by atoms with van der Waals surface area (Å²) in [5.41, 5.74) is -0.535. The molecule has 136 valence electrons. The number of hydrogen-bond donors (Lipinski definition) is 2. The van der Waals surface area contributed by atoms with Crippen molar-refractivity contribution in [3.05, 3.63) is 46.7 Å². The van der Waals surface area contributed by atoms with Crippen molar-refractivity contribution >= 4 is 11.6 Å². The van der Waals surface area contributed by atoms with E-state index in [9.17, 15) is 18.3 Å². The summed E-state index contributed by atoms with van der Waals surface area (Å²) in [6, 6.07) is 7.47. The zero-order valence-corrected chi connectivity index (χ0v) is 14.2. The van der Waals surface area contributed by atoms with Crippen LogP contribution in [0.25, 0.3) is 11.3 Å². The highest BCUT2D eigenvalue weighted by Gasteiger charge is 2.33. The first kappa shape index (κ1) is 18.3. The van der Waals surface area contributed by atoms with Crippen molar-refractivity contribution in [3.8, 4) is 11.3 Å². The summed E-state index contributed by atoms with van der Waals surface area (Å²) in [4.78, 5) is 0. The van der Waals surface area contributed by atoms with Crippen LogP contribution in [0.5, 0.6) is 0 Å². The van der Waals surface area contributed by atoms with Crippen molar-refractivity contribution in [2.24, 2.45) is 0 Å². The SMILES string of the molecule is OC1CCC(NCc2ccc(-c3ccc(Cl)c(C(F)(F)F)c3)o2)CC1. The number of furan rings is 1. The van der Waals surface area contributed by atoms with Gasteiger partial charge in [0.1, 0.15) is 11.5 Å². The van der Waals surface area contributed by atoms with Crippen LogP contribution < -0.4 is 5.32 Å². The Morgan fingerprint density at radius 1 is 1.12 bits per heavy atom. The first-order valence-corrected chi connectivity index (χ1v) is 8.58. The highest BCUT2D eigenvalue weighted by Crippen LogP contribution is 2.37. The Labute approximate surface area is 148 Å². The van der Waals surface area contributed by atoms with Gasteiger partial charge in [-0.05, 0) is 56.0 Å². The smallest absolute Gasteiger partial charge is 0.417 e. The number of rotatable bonds is 4. The highest BCUT2D eigenvalue weighted by atomic mass is 35.5. The van der Waals surface area contributed by atoms with Gasteiger partial charge in [0.25, 0.3) is 0 Å². The van der Waals surface area contributed by atoms with Gasteiger partial charge in [0.2, 0.25) is 0 Å². The van der Waals surface area contributed by atoms with E-state index in [-0.39, 0.29) is 11.1 Å². The summed E-state index contributed by atoms with van der Waals surface area (Å²) in [6.45, 7) is 0.500. The molecule has 2 N–H and O–H groups in total. The van der Waals surface area contributed by atoms with Crippen molar-refractivity contribution in [2.45, 2.75) is 50.6 Å². The summed E-state index contributed by atoms with van der Waals surface area (Å²) in [7, 11) is 0. The standard InChI is InChI=1S/C18H19ClF3NO2/c19-16-7-1-11(9-15(16)18(20,21)22)17-8-6-14(25-17)10-23-12-2-4-13(24)5-3-12/h1,6-9,12-13,23-24H,2-5,10H2. The van der Waals surface area contributed by atoms with E-state index in [0.717, 1.165) is 31.7 Å². The molecule has 25 heavy (non-hydrogen) atoms. The van der Waals surface area contributed by atoms with Gasteiger partial charge in [0, 0.05) is 11.6 Å². The molecule has 3 nitrogen and oxygen atoms in total. The molecule has 0 amide bonds. The van der Waals surface area contributed by atoms with Gasteiger partial charge < -0.3 is 14.8 Å². The lowest BCUT2D eigenvalue weighted by Crippen LogP contribution is -2.34. The molecule has 1 aromatic heterocycles. The summed E-state index contributed by atoms with van der Waals surface area (Å²) < 4.78 is 44.5. The Bertz CT molecular complexity index is 721. The first-order valence-electron chi connectivity index (χ1n) is 8.20. The van der Waals surface area contributed by atoms with Gasteiger partial charge in [-0.3, -0.25) is 0 Å². The van der Waals surface area contributed by atoms with Gasteiger partial charge in [-0.15, -0.1) is 0 Å². The first-order chi connectivity index (χ1) is 11.8. The number of nitrogens with one attached hydrogen (secondary N) is 1. The largest absolute Gasteiger partial charge is 0.460 e. The summed E-state index contributed by atoms with van der Waals surface area (Å²) >= 11 is 5.64. The van der Waals surface area contributed by atoms with Crippen LogP contribution in [0.3, 0.4) is 0 Å². The maximum Gasteiger partial charge on any atom is 0.417 e. The van der Waals surface area contributed by atoms with E-state index in [2.05, 4.69) is 5.32 Å². The topological polar surface area (TPSA) is 45.4 Å². The van der Waals surface area contributed by atoms with E-state index < -0.39 is 11.7 Å². The molecule has 1 aliphatic carbocycles. The molecule has 0 aliphatic heterocycles. The third kappa shape index (κ3) is 4.57. The van der Waals surface area contributed by atoms with E-state index in [1.807, 2.05) is 0 Å². The van der Waals surface area contributed by atoms with Crippen LogP contribution in [0.2, 0.25) is 5.02 Å². The van der Waals surface area contributed by atoms with Gasteiger partial charge in [-0.25, -0.2) is 0 Å². The third-order valence-corrected chi connectivity index (χ3v) is 4.81. The second kappa shape index (κ2) is 7.40. The van der Waals surface area contributed by atoms with Crippen molar-refractivity contribution in [1.82, 2.24) is 5.32 Å². The van der Waals surface area contributed by atoms with Gasteiger partial charge in [0.15, 0.2) is 0 Å². The molecule has 0 bridgehead atoms. The van der Waals surface area contributed by atoms with E-state index in [4.69, 9.17) is 16.0 Å². The number of aliphatic hydroxyl groups excluding tert-OH is 1. The maximum atomic E-state index is 13.0. The molecule has 7 heteroatoms. The molecule has 0 saturated heterocycles. The lowest BCUT2D eigenvalue weighted by molar-refractivity contribution is -0.137. The predicted octanol–water partition coefficient (Wildman–Crippen LogP) is 5.01. The molecular formula is C18H19ClF3NO2. The van der Waals surface area contributed by atoms with E-state index in [0.29, 0.717) is 29.7 Å². The van der Waals surface area contributed by atoms with Crippen molar-refractivity contribution in [2.75, 3.05) is 0 Å². The number of benzene rings is 1. The molecule has 1 saturated carbocycles. The lowest BCUT2D eigenvalue weighted by Gasteiger charge is -2.25. The fourth-order valence-corrected chi connectivity index (χ4v) is 3.27. The normalized spacial score (nSPS) is 21.5. The van der Waals surface area contributed by atoms with Crippen LogP contribution >= 0.6 is 11.6 Å². The Balaban J connectivity index is 1.67. The average Bonchev–Trinajstić information content (AvgIpc) is 3.03. The zero-order valence-electron chi connectivity index (χ0n) is 13.4. The quantitative estimate of drug-likeness (QED) is 0.791. The third-order valence-electron chi connectivity index (χ3n) is 4.48. The molecule has 3 rings (SSSR count). The molecule has 0 unspecified atom stereocenters. The molecule has 0 radical (unpaired) electrons. The second-order valence-electron chi connectivity index (χ2n) is 6.34. The van der Waals surface area contributed by atoms with Crippen LogP contribution in [-0.2, 0) is 12.7 Å². The molecule has 2 aromatic rings. The fourth-order valence-electron chi connectivity index (χ4n) is 3.05. The molecular weight excluding hydrogens is 355 g/mol. The van der Waals surface area contributed by atoms with Crippen molar-refractivity contribution in [1.29, 1.82) is 0 Å². The minimum Gasteiger partial charge on any atom is -0.460 e. The number of alkyl halides is 3. The predicted molar refractivity (Wildman–Crippen MR) is 89.3 cm³/mol.